The molecular weight excluding hydrogens is 188 g/mol. The fraction of sp³-hybridized carbons (Fsp3) is 0.778. The molecule has 0 aromatic heterocycles. The zero-order chi connectivity index (χ0) is 9.84. The third-order valence-electron chi connectivity index (χ3n) is 2.33. The first-order valence-electron chi connectivity index (χ1n) is 4.67. The third kappa shape index (κ3) is 2.29. The van der Waals surface area contributed by atoms with Crippen LogP contribution in [-0.2, 0) is 0 Å². The number of hydrogen-bond donors (Lipinski definition) is 1. The van der Waals surface area contributed by atoms with E-state index < -0.39 is 0 Å². The van der Waals surface area contributed by atoms with Crippen LogP contribution in [0, 0.1) is 0 Å². The summed E-state index contributed by atoms with van der Waals surface area (Å²) in [5.41, 5.74) is 0. The number of likely N-dealkylation sites (N-methyl/N-ethyl adjacent to an activating group) is 1. The molecule has 0 aromatic carbocycles. The predicted molar refractivity (Wildman–Crippen MR) is 54.2 cm³/mol. The molecule has 1 heterocycles. The Labute approximate surface area is 84.6 Å². The molecule has 0 spiro atoms. The second-order valence-corrected chi connectivity index (χ2v) is 3.71. The third-order valence-corrected chi connectivity index (χ3v) is 2.65. The van der Waals surface area contributed by atoms with Crippen molar-refractivity contribution in [2.45, 2.75) is 25.9 Å². The van der Waals surface area contributed by atoms with E-state index in [4.69, 9.17) is 16.7 Å². The van der Waals surface area contributed by atoms with Crippen LogP contribution in [-0.4, -0.2) is 41.3 Å². The van der Waals surface area contributed by atoms with Crippen molar-refractivity contribution in [2.24, 2.45) is 0 Å². The largest absolute Gasteiger partial charge is 0.392 e. The highest BCUT2D eigenvalue weighted by Crippen LogP contribution is 2.24. The van der Waals surface area contributed by atoms with Crippen molar-refractivity contribution in [3.8, 4) is 0 Å². The Morgan fingerprint density at radius 2 is 2.31 bits per heavy atom. The first-order chi connectivity index (χ1) is 6.20. The smallest absolute Gasteiger partial charge is 0.125 e. The molecule has 1 N–H and O–H groups in total. The van der Waals surface area contributed by atoms with E-state index in [1.54, 1.807) is 0 Å². The lowest BCUT2D eigenvalue weighted by Gasteiger charge is -2.29. The van der Waals surface area contributed by atoms with E-state index in [1.807, 2.05) is 23.0 Å². The Hall–Kier alpha value is -0.410. The van der Waals surface area contributed by atoms with Crippen LogP contribution in [0.3, 0.4) is 0 Å². The normalized spacial score (nSPS) is 22.5. The molecule has 3 nitrogen and oxygen atoms in total. The van der Waals surface area contributed by atoms with Gasteiger partial charge in [-0.1, -0.05) is 24.9 Å². The molecule has 0 saturated heterocycles. The van der Waals surface area contributed by atoms with Gasteiger partial charge >= 0.3 is 0 Å². The SMILES string of the molecule is CCCCN1C(Cl)=CN(C)[C@@H]1CO. The van der Waals surface area contributed by atoms with Gasteiger partial charge in [-0.2, -0.15) is 0 Å². The van der Waals surface area contributed by atoms with Crippen LogP contribution < -0.4 is 0 Å². The van der Waals surface area contributed by atoms with E-state index >= 15 is 0 Å². The molecule has 0 aromatic rings. The molecule has 1 aliphatic rings. The second kappa shape index (κ2) is 4.72. The molecule has 1 rings (SSSR count). The molecule has 0 radical (unpaired) electrons. The van der Waals surface area contributed by atoms with Crippen molar-refractivity contribution in [3.63, 3.8) is 0 Å². The summed E-state index contributed by atoms with van der Waals surface area (Å²) in [6.45, 7) is 3.18. The summed E-state index contributed by atoms with van der Waals surface area (Å²) >= 11 is 6.02. The maximum absolute atomic E-state index is 9.15. The van der Waals surface area contributed by atoms with Crippen LogP contribution in [0.2, 0.25) is 0 Å². The van der Waals surface area contributed by atoms with Crippen LogP contribution in [0.4, 0.5) is 0 Å². The number of aliphatic hydroxyl groups excluding tert-OH is 1. The van der Waals surface area contributed by atoms with E-state index in [9.17, 15) is 0 Å². The maximum Gasteiger partial charge on any atom is 0.125 e. The lowest BCUT2D eigenvalue weighted by atomic mass is 10.3. The van der Waals surface area contributed by atoms with E-state index in [2.05, 4.69) is 6.92 Å². The molecule has 0 amide bonds. The van der Waals surface area contributed by atoms with Gasteiger partial charge in [0.15, 0.2) is 0 Å². The van der Waals surface area contributed by atoms with Gasteiger partial charge in [-0.25, -0.2) is 0 Å². The molecule has 0 aliphatic carbocycles. The van der Waals surface area contributed by atoms with Gasteiger partial charge in [-0.3, -0.25) is 0 Å². The fourth-order valence-corrected chi connectivity index (χ4v) is 1.85. The summed E-state index contributed by atoms with van der Waals surface area (Å²) in [7, 11) is 1.93. The lowest BCUT2D eigenvalue weighted by molar-refractivity contribution is 0.0940. The van der Waals surface area contributed by atoms with E-state index in [-0.39, 0.29) is 12.8 Å². The minimum atomic E-state index is 0.0269. The van der Waals surface area contributed by atoms with Gasteiger partial charge in [0.25, 0.3) is 0 Å². The van der Waals surface area contributed by atoms with Crippen LogP contribution in [0.5, 0.6) is 0 Å². The van der Waals surface area contributed by atoms with Crippen molar-refractivity contribution < 1.29 is 5.11 Å². The van der Waals surface area contributed by atoms with Gasteiger partial charge in [0.05, 0.1) is 6.61 Å². The molecular formula is C9H17ClN2O. The van der Waals surface area contributed by atoms with Crippen molar-refractivity contribution in [2.75, 3.05) is 20.2 Å². The zero-order valence-corrected chi connectivity index (χ0v) is 8.96. The molecule has 4 heteroatoms. The number of hydrogen-bond acceptors (Lipinski definition) is 3. The van der Waals surface area contributed by atoms with Gasteiger partial charge in [0.1, 0.15) is 11.3 Å². The molecule has 1 atom stereocenters. The Morgan fingerprint density at radius 3 is 2.85 bits per heavy atom. The first kappa shape index (κ1) is 10.7. The molecule has 13 heavy (non-hydrogen) atoms. The number of rotatable bonds is 4. The molecule has 0 unspecified atom stereocenters. The molecule has 0 fully saturated rings. The van der Waals surface area contributed by atoms with Crippen LogP contribution in [0.15, 0.2) is 11.4 Å². The van der Waals surface area contributed by atoms with E-state index in [1.165, 1.54) is 0 Å². The monoisotopic (exact) mass is 204 g/mol. The number of nitrogens with zero attached hydrogens (tertiary/aromatic N) is 2. The van der Waals surface area contributed by atoms with E-state index in [0.717, 1.165) is 24.5 Å². The summed E-state index contributed by atoms with van der Waals surface area (Å²) < 4.78 is 0. The zero-order valence-electron chi connectivity index (χ0n) is 8.20. The van der Waals surface area contributed by atoms with Gasteiger partial charge in [0.2, 0.25) is 0 Å². The van der Waals surface area contributed by atoms with Crippen LogP contribution in [0.1, 0.15) is 19.8 Å². The Kier molecular flexibility index (Phi) is 3.88. The summed E-state index contributed by atoms with van der Waals surface area (Å²) in [6, 6.07) is 0. The van der Waals surface area contributed by atoms with Crippen LogP contribution in [0.25, 0.3) is 0 Å². The van der Waals surface area contributed by atoms with Gasteiger partial charge in [-0.15, -0.1) is 0 Å². The summed E-state index contributed by atoms with van der Waals surface area (Å²) in [4.78, 5) is 3.98. The summed E-state index contributed by atoms with van der Waals surface area (Å²) in [6.07, 6.45) is 4.13. The highest BCUT2D eigenvalue weighted by Gasteiger charge is 2.27. The first-order valence-corrected chi connectivity index (χ1v) is 5.05. The minimum Gasteiger partial charge on any atom is -0.392 e. The Bertz CT molecular complexity index is 196. The minimum absolute atomic E-state index is 0.0269. The predicted octanol–water partition coefficient (Wildman–Crippen LogP) is 1.39. The average Bonchev–Trinajstić information content (AvgIpc) is 2.37. The Balaban J connectivity index is 2.54. The lowest BCUT2D eigenvalue weighted by Crippen LogP contribution is -2.40. The molecule has 1 aliphatic heterocycles. The Morgan fingerprint density at radius 1 is 1.62 bits per heavy atom. The van der Waals surface area contributed by atoms with Gasteiger partial charge in [0, 0.05) is 19.8 Å². The molecule has 0 bridgehead atoms. The number of aliphatic hydroxyl groups is 1. The van der Waals surface area contributed by atoms with Crippen molar-refractivity contribution in [1.82, 2.24) is 9.80 Å². The van der Waals surface area contributed by atoms with Crippen LogP contribution >= 0.6 is 11.6 Å². The summed E-state index contributed by atoms with van der Waals surface area (Å²) in [5.74, 6) is 0. The quantitative estimate of drug-likeness (QED) is 0.702. The highest BCUT2D eigenvalue weighted by atomic mass is 35.5. The van der Waals surface area contributed by atoms with Gasteiger partial charge < -0.3 is 14.9 Å². The van der Waals surface area contributed by atoms with Crippen molar-refractivity contribution in [1.29, 1.82) is 0 Å². The standard InChI is InChI=1S/C9H17ClN2O/c1-3-4-5-12-8(10)6-11(2)9(12)7-13/h6,9,13H,3-5,7H2,1-2H3/t9-/m0/s1. The summed E-state index contributed by atoms with van der Waals surface area (Å²) in [5, 5.41) is 9.88. The fourth-order valence-electron chi connectivity index (χ4n) is 1.50. The van der Waals surface area contributed by atoms with E-state index in [0.29, 0.717) is 0 Å². The van der Waals surface area contributed by atoms with Crippen molar-refractivity contribution >= 4 is 11.6 Å². The number of halogens is 1. The average molecular weight is 205 g/mol. The topological polar surface area (TPSA) is 26.7 Å². The van der Waals surface area contributed by atoms with Gasteiger partial charge in [-0.05, 0) is 6.42 Å². The molecule has 76 valence electrons. The highest BCUT2D eigenvalue weighted by molar-refractivity contribution is 6.29. The maximum atomic E-state index is 9.15. The number of unbranched alkanes of at least 4 members (excludes halogenated alkanes) is 1. The van der Waals surface area contributed by atoms with Crippen molar-refractivity contribution in [3.05, 3.63) is 11.4 Å². The molecule has 0 saturated carbocycles. The second-order valence-electron chi connectivity index (χ2n) is 3.33.